The third-order valence-corrected chi connectivity index (χ3v) is 19.3. The lowest BCUT2D eigenvalue weighted by atomic mass is 9.77. The Hall–Kier alpha value is -0.540. The third kappa shape index (κ3) is 52.5. The van der Waals surface area contributed by atoms with Crippen molar-refractivity contribution < 1.29 is 39.5 Å². The van der Waals surface area contributed by atoms with E-state index in [-0.39, 0.29) is 31.4 Å². The van der Waals surface area contributed by atoms with E-state index in [1.165, 1.54) is 95.0 Å². The molecular weight excluding hydrogens is 1130 g/mol. The summed E-state index contributed by atoms with van der Waals surface area (Å²) in [7, 11) is 0. The highest BCUT2D eigenvalue weighted by molar-refractivity contribution is 8.00. The van der Waals surface area contributed by atoms with E-state index in [0.717, 1.165) is 136 Å². The van der Waals surface area contributed by atoms with E-state index in [1.54, 1.807) is 13.8 Å². The molecule has 0 amide bonds. The van der Waals surface area contributed by atoms with Gasteiger partial charge in [0.15, 0.2) is 0 Å². The second-order valence-electron chi connectivity index (χ2n) is 33.0. The second-order valence-corrected chi connectivity index (χ2v) is 34.1. The number of unbranched alkanes of at least 4 members (excludes halogenated alkanes) is 1. The minimum absolute atomic E-state index is 0.0676. The first-order chi connectivity index (χ1) is 40.2. The van der Waals surface area contributed by atoms with Crippen LogP contribution >= 0.6 is 11.8 Å². The lowest BCUT2D eigenvalue weighted by Crippen LogP contribution is -2.37. The zero-order chi connectivity index (χ0) is 67.2. The van der Waals surface area contributed by atoms with E-state index in [9.17, 15) is 39.5 Å². The van der Waals surface area contributed by atoms with E-state index >= 15 is 0 Å². The van der Waals surface area contributed by atoms with Gasteiger partial charge in [0, 0.05) is 30.6 Å². The van der Waals surface area contributed by atoms with Crippen molar-refractivity contribution in [3.63, 3.8) is 0 Å². The summed E-state index contributed by atoms with van der Waals surface area (Å²) in [5.74, 6) is 6.54. The first-order valence-electron chi connectivity index (χ1n) is 36.4. The van der Waals surface area contributed by atoms with Crippen LogP contribution in [0.25, 0.3) is 0 Å². The van der Waals surface area contributed by atoms with Crippen LogP contribution < -0.4 is 0 Å². The van der Waals surface area contributed by atoms with Gasteiger partial charge in [0.2, 0.25) is 6.43 Å². The molecule has 87 heavy (non-hydrogen) atoms. The first-order valence-corrected chi connectivity index (χ1v) is 37.6. The summed E-state index contributed by atoms with van der Waals surface area (Å²) in [5.41, 5.74) is -0.712. The van der Waals surface area contributed by atoms with E-state index < -0.39 is 35.5 Å². The Kier molecular flexibility index (Phi) is 48.2. The minimum atomic E-state index is -2.40. The van der Waals surface area contributed by atoms with Gasteiger partial charge in [-0.05, 0) is 210 Å². The summed E-state index contributed by atoms with van der Waals surface area (Å²) < 4.78 is 111. The summed E-state index contributed by atoms with van der Waals surface area (Å²) in [5, 5.41) is 0. The molecule has 10 heteroatoms. The van der Waals surface area contributed by atoms with Crippen LogP contribution in [0.15, 0.2) is 12.2 Å². The fourth-order valence-corrected chi connectivity index (χ4v) is 12.4. The van der Waals surface area contributed by atoms with Crippen LogP contribution in [-0.4, -0.2) is 47.8 Å². The summed E-state index contributed by atoms with van der Waals surface area (Å²) in [6, 6.07) is 0. The van der Waals surface area contributed by atoms with Crippen molar-refractivity contribution in [2.24, 2.45) is 94.2 Å². The molecule has 0 bridgehead atoms. The van der Waals surface area contributed by atoms with Gasteiger partial charge in [-0.15, -0.1) is 0 Å². The van der Waals surface area contributed by atoms with E-state index in [1.807, 2.05) is 27.7 Å². The molecule has 1 saturated heterocycles. The van der Waals surface area contributed by atoms with Gasteiger partial charge in [0.1, 0.15) is 11.3 Å². The van der Waals surface area contributed by atoms with Gasteiger partial charge in [-0.2, -0.15) is 11.8 Å². The van der Waals surface area contributed by atoms with Gasteiger partial charge in [0.05, 0.1) is 6.67 Å². The van der Waals surface area contributed by atoms with Crippen LogP contribution in [0.1, 0.15) is 338 Å². The van der Waals surface area contributed by atoms with Gasteiger partial charge in [-0.1, -0.05) is 215 Å². The molecule has 7 fully saturated rings. The zero-order valence-corrected chi connectivity index (χ0v) is 61.9. The molecule has 2 unspecified atom stereocenters. The maximum Gasteiger partial charge on any atom is 0.253 e. The molecule has 8 rings (SSSR count). The fourth-order valence-electron chi connectivity index (χ4n) is 11.6. The Bertz CT molecular complexity index is 1560. The molecule has 0 radical (unpaired) electrons. The third-order valence-electron chi connectivity index (χ3n) is 17.9. The van der Waals surface area contributed by atoms with Crippen molar-refractivity contribution in [1.29, 1.82) is 0 Å². The number of halogens is 9. The molecule has 0 N–H and O–H groups in total. The number of thioether (sulfide) groups is 1. The number of hydrogen-bond acceptors (Lipinski definition) is 1. The molecule has 0 nitrogen and oxygen atoms in total. The summed E-state index contributed by atoms with van der Waals surface area (Å²) >= 11 is 2.09. The van der Waals surface area contributed by atoms with E-state index in [4.69, 9.17) is 0 Å². The Balaban J connectivity index is 0. The van der Waals surface area contributed by atoms with Crippen molar-refractivity contribution in [3.8, 4) is 0 Å². The number of hydrogen-bond donors (Lipinski definition) is 0. The van der Waals surface area contributed by atoms with Crippen molar-refractivity contribution in [1.82, 2.24) is 0 Å². The van der Waals surface area contributed by atoms with Crippen molar-refractivity contribution >= 4 is 11.8 Å². The molecule has 0 aromatic heterocycles. The minimum Gasteiger partial charge on any atom is -0.251 e. The summed E-state index contributed by atoms with van der Waals surface area (Å²) in [6.07, 6.45) is 33.8. The highest BCUT2D eigenvalue weighted by atomic mass is 32.2. The normalized spacial score (nSPS) is 21.4. The Morgan fingerprint density at radius 1 is 0.483 bits per heavy atom. The lowest BCUT2D eigenvalue weighted by Gasteiger charge is -2.35. The van der Waals surface area contributed by atoms with Crippen LogP contribution in [0, 0.1) is 94.2 Å². The Morgan fingerprint density at radius 2 is 0.943 bits per heavy atom. The Morgan fingerprint density at radius 3 is 1.15 bits per heavy atom. The average molecular weight is 1280 g/mol. The molecule has 8 aliphatic rings. The summed E-state index contributed by atoms with van der Waals surface area (Å²) in [4.78, 5) is 0. The monoisotopic (exact) mass is 1280 g/mol. The zero-order valence-electron chi connectivity index (χ0n) is 61.0. The fraction of sp³-hybridized carbons (Fsp3) is 0.974. The van der Waals surface area contributed by atoms with Gasteiger partial charge in [0.25, 0.3) is 11.8 Å². The largest absolute Gasteiger partial charge is 0.253 e. The standard InChI is InChI=1S/C9H18.C9H16.C8H14F2.C8H15F.C8H16.C7H12F2.C7H14F2.C7H13F.C7H15F.C7H14S/c1-8(2)6-7-9-4-3-5-9;1-8(2)7-9-5-3-4-6-9;1-6(2)8(9,10)7-4-3-5-7;1-7(2)6-8(9)4-3-5-8;1-7(2)6-8(3)4-5-8;1-5(2)3-6-4-7(6,8)9;1-6(2)4-3-5-7(8)9;1-6(2)5-7(8)3-4-7;1-7(2)5-3-4-6-8;1-6(2)3-7-4-8-5-7/h8-9H,3-7H2,1-2H3;3,5,8-9H,4,6-7H2,1-2H3;6-7H,3-5H2,1-2H3;7H,3-6H2,1-2H3;7H,4-6H2,1-3H3;5-6H,3-4H2,1-2H3;6-7H,3-5H2,1-2H3;6H,3-5H2,1-2H3;7H,3-6H2,1-2H3;6-7H,3-5H2,1-2H3. The molecule has 2 atom stereocenters. The van der Waals surface area contributed by atoms with Crippen molar-refractivity contribution in [3.05, 3.63) is 12.2 Å². The molecule has 0 aromatic rings. The summed E-state index contributed by atoms with van der Waals surface area (Å²) in [6.45, 7) is 44.6. The van der Waals surface area contributed by atoms with Crippen LogP contribution in [0.5, 0.6) is 0 Å². The highest BCUT2D eigenvalue weighted by Gasteiger charge is 2.56. The number of allylic oxidation sites excluding steroid dienone is 2. The molecule has 524 valence electrons. The van der Waals surface area contributed by atoms with Gasteiger partial charge >= 0.3 is 0 Å². The SMILES string of the molecule is CC(C)C(F)(F)C1CCC1.CC(C)CC1(C)CC1.CC(C)CC1(F)CC1.CC(C)CC1(F)CCC1.CC(C)CC1C=CCC1.CC(C)CC1CC1(F)F.CC(C)CC1CSC1.CC(C)CCC1CCC1.CC(C)CCCC(F)F.CC(C)CCCCF. The smallest absolute Gasteiger partial charge is 0.251 e. The van der Waals surface area contributed by atoms with Crippen LogP contribution in [0.4, 0.5) is 39.5 Å². The number of rotatable bonds is 25. The highest BCUT2D eigenvalue weighted by Crippen LogP contribution is 2.52. The predicted molar refractivity (Wildman–Crippen MR) is 368 cm³/mol. The van der Waals surface area contributed by atoms with Crippen LogP contribution in [0.2, 0.25) is 0 Å². The maximum absolute atomic E-state index is 13.2. The van der Waals surface area contributed by atoms with Crippen LogP contribution in [0.3, 0.4) is 0 Å². The maximum atomic E-state index is 13.2. The molecule has 1 aliphatic heterocycles. The molecule has 0 spiro atoms. The molecule has 1 heterocycles. The van der Waals surface area contributed by atoms with Crippen molar-refractivity contribution in [2.75, 3.05) is 18.2 Å². The predicted octanol–water partition coefficient (Wildman–Crippen LogP) is 28.5. The second kappa shape index (κ2) is 47.4. The quantitative estimate of drug-likeness (QED) is 0.0499. The van der Waals surface area contributed by atoms with Gasteiger partial charge < -0.3 is 0 Å². The lowest BCUT2D eigenvalue weighted by molar-refractivity contribution is -0.122. The van der Waals surface area contributed by atoms with Crippen LogP contribution in [-0.2, 0) is 0 Å². The van der Waals surface area contributed by atoms with Crippen molar-refractivity contribution in [2.45, 2.75) is 368 Å². The van der Waals surface area contributed by atoms with E-state index in [2.05, 4.69) is 128 Å². The molecule has 0 aromatic carbocycles. The number of alkyl halides is 9. The Labute approximate surface area is 540 Å². The molecular formula is C77H147F9S. The topological polar surface area (TPSA) is 0 Å². The first kappa shape index (κ1) is 88.5. The van der Waals surface area contributed by atoms with E-state index in [0.29, 0.717) is 36.5 Å². The van der Waals surface area contributed by atoms with Gasteiger partial charge in [-0.25, -0.2) is 35.1 Å². The van der Waals surface area contributed by atoms with Gasteiger partial charge in [-0.3, -0.25) is 4.39 Å². The molecule has 7 aliphatic carbocycles. The molecule has 6 saturated carbocycles. The average Bonchev–Trinajstić information content (AvgIpc) is 4.27.